The lowest BCUT2D eigenvalue weighted by Gasteiger charge is -2.13. The number of nitrogens with two attached hydrogens (primary N) is 1. The van der Waals surface area contributed by atoms with Crippen molar-refractivity contribution < 1.29 is 4.79 Å². The first-order chi connectivity index (χ1) is 8.56. The van der Waals surface area contributed by atoms with Gasteiger partial charge in [0.25, 0.3) is 5.91 Å². The van der Waals surface area contributed by atoms with E-state index in [4.69, 9.17) is 18.0 Å². The van der Waals surface area contributed by atoms with Gasteiger partial charge in [-0.3, -0.25) is 4.79 Å². The minimum Gasteiger partial charge on any atom is -0.389 e. The van der Waals surface area contributed by atoms with Gasteiger partial charge in [-0.1, -0.05) is 24.4 Å². The summed E-state index contributed by atoms with van der Waals surface area (Å²) < 4.78 is 0. The van der Waals surface area contributed by atoms with Gasteiger partial charge in [0, 0.05) is 23.7 Å². The average molecular weight is 263 g/mol. The zero-order chi connectivity index (χ0) is 13.1. The number of hydrogen-bond donors (Lipinski definition) is 2. The third kappa shape index (κ3) is 3.05. The highest BCUT2D eigenvalue weighted by Gasteiger charge is 2.21. The second-order valence-corrected chi connectivity index (χ2v) is 5.10. The molecule has 1 aliphatic rings. The summed E-state index contributed by atoms with van der Waals surface area (Å²) >= 11 is 4.87. The average Bonchev–Trinajstić information content (AvgIpc) is 2.75. The van der Waals surface area contributed by atoms with E-state index in [9.17, 15) is 4.79 Å². The molecule has 0 saturated carbocycles. The lowest BCUT2D eigenvalue weighted by Crippen LogP contribution is -2.36. The Morgan fingerprint density at radius 2 is 2.00 bits per heavy atom. The molecule has 1 aromatic rings. The van der Waals surface area contributed by atoms with Crippen LogP contribution in [0.1, 0.15) is 22.3 Å². The van der Waals surface area contributed by atoms with Crippen LogP contribution in [0, 0.1) is 0 Å². The number of nitrogens with one attached hydrogen (secondary N) is 1. The van der Waals surface area contributed by atoms with Crippen molar-refractivity contribution >= 4 is 23.1 Å². The maximum atomic E-state index is 12.0. The zero-order valence-electron chi connectivity index (χ0n) is 10.3. The predicted molar refractivity (Wildman–Crippen MR) is 75.7 cm³/mol. The molecule has 5 heteroatoms. The van der Waals surface area contributed by atoms with Gasteiger partial charge in [-0.25, -0.2) is 0 Å². The van der Waals surface area contributed by atoms with Crippen molar-refractivity contribution in [1.82, 2.24) is 10.2 Å². The van der Waals surface area contributed by atoms with Gasteiger partial charge in [-0.05, 0) is 32.1 Å². The number of amides is 1. The maximum absolute atomic E-state index is 12.0. The van der Waals surface area contributed by atoms with E-state index in [1.807, 2.05) is 0 Å². The van der Waals surface area contributed by atoms with Gasteiger partial charge in [0.1, 0.15) is 4.99 Å². The molecule has 1 atom stereocenters. The molecule has 1 heterocycles. The number of benzene rings is 1. The fourth-order valence-electron chi connectivity index (χ4n) is 2.11. The fraction of sp³-hybridized carbons (Fsp3) is 0.385. The van der Waals surface area contributed by atoms with E-state index in [2.05, 4.69) is 17.3 Å². The second kappa shape index (κ2) is 5.46. The van der Waals surface area contributed by atoms with Gasteiger partial charge < -0.3 is 16.0 Å². The first kappa shape index (κ1) is 13.0. The van der Waals surface area contributed by atoms with E-state index < -0.39 is 0 Å². The summed E-state index contributed by atoms with van der Waals surface area (Å²) in [6.07, 6.45) is 1.01. The molecular formula is C13H17N3OS. The Balaban J connectivity index is 1.98. The molecule has 3 N–H and O–H groups in total. The molecule has 1 aromatic carbocycles. The smallest absolute Gasteiger partial charge is 0.251 e. The summed E-state index contributed by atoms with van der Waals surface area (Å²) in [5.41, 5.74) is 6.94. The number of nitrogens with zero attached hydrogens (tertiary/aromatic N) is 1. The molecule has 1 fully saturated rings. The maximum Gasteiger partial charge on any atom is 0.251 e. The monoisotopic (exact) mass is 263 g/mol. The van der Waals surface area contributed by atoms with Crippen LogP contribution < -0.4 is 11.1 Å². The molecule has 4 nitrogen and oxygen atoms in total. The Morgan fingerprint density at radius 1 is 1.39 bits per heavy atom. The molecule has 0 aromatic heterocycles. The Labute approximate surface area is 112 Å². The highest BCUT2D eigenvalue weighted by atomic mass is 32.1. The third-order valence-corrected chi connectivity index (χ3v) is 3.39. The molecule has 0 radical (unpaired) electrons. The van der Waals surface area contributed by atoms with Crippen LogP contribution in [0.2, 0.25) is 0 Å². The molecule has 0 spiro atoms. The van der Waals surface area contributed by atoms with Crippen LogP contribution in [-0.2, 0) is 0 Å². The third-order valence-electron chi connectivity index (χ3n) is 3.16. The van der Waals surface area contributed by atoms with Crippen LogP contribution >= 0.6 is 12.2 Å². The minimum atomic E-state index is -0.0372. The molecule has 18 heavy (non-hydrogen) atoms. The van der Waals surface area contributed by atoms with Crippen LogP contribution in [0.4, 0.5) is 0 Å². The predicted octanol–water partition coefficient (Wildman–Crippen LogP) is 0.755. The van der Waals surface area contributed by atoms with Crippen LogP contribution in [0.5, 0.6) is 0 Å². The van der Waals surface area contributed by atoms with Crippen LogP contribution in [0.15, 0.2) is 24.3 Å². The first-order valence-electron chi connectivity index (χ1n) is 5.95. The highest BCUT2D eigenvalue weighted by Crippen LogP contribution is 2.09. The van der Waals surface area contributed by atoms with E-state index in [-0.39, 0.29) is 11.9 Å². The van der Waals surface area contributed by atoms with E-state index >= 15 is 0 Å². The van der Waals surface area contributed by atoms with Crippen LogP contribution in [-0.4, -0.2) is 42.0 Å². The molecule has 0 aliphatic carbocycles. The van der Waals surface area contributed by atoms with Gasteiger partial charge in [0.05, 0.1) is 0 Å². The number of likely N-dealkylation sites (N-methyl/N-ethyl adjacent to an activating group) is 1. The van der Waals surface area contributed by atoms with Gasteiger partial charge in [0.2, 0.25) is 0 Å². The quantitative estimate of drug-likeness (QED) is 0.790. The topological polar surface area (TPSA) is 58.4 Å². The summed E-state index contributed by atoms with van der Waals surface area (Å²) in [4.78, 5) is 14.6. The normalized spacial score (nSPS) is 19.7. The largest absolute Gasteiger partial charge is 0.389 e. The van der Waals surface area contributed by atoms with Crippen molar-refractivity contribution in [1.29, 1.82) is 0 Å². The standard InChI is InChI=1S/C13H17N3OS/c1-16-7-6-11(8-16)15-13(17)10-4-2-9(3-5-10)12(14)18/h2-5,11H,6-8H2,1H3,(H2,14,18)(H,15,17). The summed E-state index contributed by atoms with van der Waals surface area (Å²) in [5.74, 6) is -0.0372. The summed E-state index contributed by atoms with van der Waals surface area (Å²) in [5, 5.41) is 3.03. The molecule has 1 unspecified atom stereocenters. The number of thiocarbonyl (C=S) groups is 1. The lowest BCUT2D eigenvalue weighted by atomic mass is 10.1. The molecule has 1 saturated heterocycles. The van der Waals surface area contributed by atoms with Crippen molar-refractivity contribution in [3.8, 4) is 0 Å². The van der Waals surface area contributed by atoms with Crippen molar-refractivity contribution in [3.05, 3.63) is 35.4 Å². The molecule has 2 rings (SSSR count). The van der Waals surface area contributed by atoms with Crippen molar-refractivity contribution in [2.75, 3.05) is 20.1 Å². The SMILES string of the molecule is CN1CCC(NC(=O)c2ccc(C(N)=S)cc2)C1. The molecule has 1 aliphatic heterocycles. The Morgan fingerprint density at radius 3 is 2.50 bits per heavy atom. The number of carbonyl (C=O) groups is 1. The van der Waals surface area contributed by atoms with Gasteiger partial charge in [-0.2, -0.15) is 0 Å². The number of hydrogen-bond acceptors (Lipinski definition) is 3. The van der Waals surface area contributed by atoms with Crippen LogP contribution in [0.3, 0.4) is 0 Å². The van der Waals surface area contributed by atoms with E-state index in [0.717, 1.165) is 25.1 Å². The Hall–Kier alpha value is -1.46. The molecule has 1 amide bonds. The highest BCUT2D eigenvalue weighted by molar-refractivity contribution is 7.80. The van der Waals surface area contributed by atoms with E-state index in [1.165, 1.54) is 0 Å². The summed E-state index contributed by atoms with van der Waals surface area (Å²) in [6, 6.07) is 7.30. The number of likely N-dealkylation sites (tertiary alicyclic amines) is 1. The van der Waals surface area contributed by atoms with E-state index in [0.29, 0.717) is 10.6 Å². The zero-order valence-corrected chi connectivity index (χ0v) is 11.2. The summed E-state index contributed by atoms with van der Waals surface area (Å²) in [7, 11) is 2.06. The minimum absolute atomic E-state index is 0.0372. The molecule has 96 valence electrons. The van der Waals surface area contributed by atoms with Crippen molar-refractivity contribution in [2.24, 2.45) is 5.73 Å². The number of carbonyl (C=O) groups excluding carboxylic acids is 1. The Bertz CT molecular complexity index is 458. The Kier molecular flexibility index (Phi) is 3.93. The summed E-state index contributed by atoms with van der Waals surface area (Å²) in [6.45, 7) is 1.95. The van der Waals surface area contributed by atoms with Gasteiger partial charge in [0.15, 0.2) is 0 Å². The van der Waals surface area contributed by atoms with Gasteiger partial charge >= 0.3 is 0 Å². The van der Waals surface area contributed by atoms with Crippen LogP contribution in [0.25, 0.3) is 0 Å². The van der Waals surface area contributed by atoms with Crippen molar-refractivity contribution in [2.45, 2.75) is 12.5 Å². The lowest BCUT2D eigenvalue weighted by molar-refractivity contribution is 0.0938. The van der Waals surface area contributed by atoms with Gasteiger partial charge in [-0.15, -0.1) is 0 Å². The first-order valence-corrected chi connectivity index (χ1v) is 6.36. The molecular weight excluding hydrogens is 246 g/mol. The van der Waals surface area contributed by atoms with Crippen molar-refractivity contribution in [3.63, 3.8) is 0 Å². The molecule has 0 bridgehead atoms. The number of rotatable bonds is 3. The second-order valence-electron chi connectivity index (χ2n) is 4.66. The fourth-order valence-corrected chi connectivity index (χ4v) is 2.24. The van der Waals surface area contributed by atoms with E-state index in [1.54, 1.807) is 24.3 Å².